The summed E-state index contributed by atoms with van der Waals surface area (Å²) in [5.74, 6) is -0.333. The summed E-state index contributed by atoms with van der Waals surface area (Å²) in [6.07, 6.45) is 0.978. The summed E-state index contributed by atoms with van der Waals surface area (Å²) in [6.45, 7) is 3.38. The van der Waals surface area contributed by atoms with E-state index < -0.39 is 26.0 Å². The summed E-state index contributed by atoms with van der Waals surface area (Å²) >= 11 is 6.06. The van der Waals surface area contributed by atoms with Crippen molar-refractivity contribution in [3.63, 3.8) is 0 Å². The molecular formula is C18H22ClN3O6S2. The molecule has 2 aromatic carbocycles. The number of amides is 1. The molecule has 0 spiro atoms. The number of carbonyl (C=O) groups excluding carboxylic acids is 1. The molecule has 0 fully saturated rings. The van der Waals surface area contributed by atoms with Crippen molar-refractivity contribution in [2.24, 2.45) is 0 Å². The summed E-state index contributed by atoms with van der Waals surface area (Å²) in [6, 6.07) is 7.78. The lowest BCUT2D eigenvalue weighted by Crippen LogP contribution is -2.30. The molecule has 12 heteroatoms. The van der Waals surface area contributed by atoms with E-state index in [2.05, 4.69) is 14.8 Å². The van der Waals surface area contributed by atoms with Gasteiger partial charge >= 0.3 is 0 Å². The van der Waals surface area contributed by atoms with E-state index in [9.17, 15) is 21.6 Å². The number of anilines is 2. The van der Waals surface area contributed by atoms with Gasteiger partial charge in [-0.05, 0) is 50.2 Å². The maximum atomic E-state index is 12.6. The SMILES string of the molecule is COc1ccc(S(=O)(=O)NC(C)C)cc1NC(=O)c1ccc(NS(C)(=O)=O)c(Cl)c1. The summed E-state index contributed by atoms with van der Waals surface area (Å²) in [5, 5.41) is 2.61. The predicted molar refractivity (Wildman–Crippen MR) is 116 cm³/mol. The van der Waals surface area contributed by atoms with Crippen molar-refractivity contribution in [3.8, 4) is 5.75 Å². The number of benzene rings is 2. The number of hydrogen-bond acceptors (Lipinski definition) is 6. The molecule has 9 nitrogen and oxygen atoms in total. The lowest BCUT2D eigenvalue weighted by atomic mass is 10.2. The molecule has 0 aromatic heterocycles. The van der Waals surface area contributed by atoms with Gasteiger partial charge in [0.05, 0.1) is 34.7 Å². The van der Waals surface area contributed by atoms with Crippen LogP contribution >= 0.6 is 11.6 Å². The highest BCUT2D eigenvalue weighted by Gasteiger charge is 2.19. The molecule has 30 heavy (non-hydrogen) atoms. The Hall–Kier alpha value is -2.34. The van der Waals surface area contributed by atoms with Crippen LogP contribution in [0.4, 0.5) is 11.4 Å². The van der Waals surface area contributed by atoms with Crippen molar-refractivity contribution >= 4 is 48.9 Å². The highest BCUT2D eigenvalue weighted by Crippen LogP contribution is 2.29. The smallest absolute Gasteiger partial charge is 0.255 e. The lowest BCUT2D eigenvalue weighted by Gasteiger charge is -2.14. The Morgan fingerprint density at radius 2 is 1.70 bits per heavy atom. The third kappa shape index (κ3) is 6.33. The molecular weight excluding hydrogens is 454 g/mol. The molecule has 0 aliphatic carbocycles. The Morgan fingerprint density at radius 1 is 1.03 bits per heavy atom. The second-order valence-corrected chi connectivity index (χ2v) is 10.5. The largest absolute Gasteiger partial charge is 0.495 e. The van der Waals surface area contributed by atoms with Crippen LogP contribution in [0, 0.1) is 0 Å². The summed E-state index contributed by atoms with van der Waals surface area (Å²) in [5.41, 5.74) is 0.402. The van der Waals surface area contributed by atoms with Gasteiger partial charge < -0.3 is 10.1 Å². The first-order valence-electron chi connectivity index (χ1n) is 8.61. The van der Waals surface area contributed by atoms with E-state index in [1.807, 2.05) is 0 Å². The van der Waals surface area contributed by atoms with Crippen LogP contribution in [0.3, 0.4) is 0 Å². The molecule has 3 N–H and O–H groups in total. The fraction of sp³-hybridized carbons (Fsp3) is 0.278. The molecule has 0 radical (unpaired) electrons. The predicted octanol–water partition coefficient (Wildman–Crippen LogP) is 2.66. The standard InChI is InChI=1S/C18H22ClN3O6S2/c1-11(2)21-30(26,27)13-6-8-17(28-3)16(10-13)20-18(23)12-5-7-15(14(19)9-12)22-29(4,24)25/h5-11,21-22H,1-4H3,(H,20,23). The van der Waals surface area contributed by atoms with E-state index >= 15 is 0 Å². The Balaban J connectivity index is 2.34. The van der Waals surface area contributed by atoms with Gasteiger partial charge in [-0.15, -0.1) is 0 Å². The van der Waals surface area contributed by atoms with Gasteiger partial charge in [0, 0.05) is 11.6 Å². The average molecular weight is 476 g/mol. The number of carbonyl (C=O) groups is 1. The Labute approximate surface area is 180 Å². The van der Waals surface area contributed by atoms with Crippen LogP contribution in [-0.2, 0) is 20.0 Å². The fourth-order valence-corrected chi connectivity index (χ4v) is 4.60. The molecule has 0 aliphatic heterocycles. The molecule has 0 heterocycles. The van der Waals surface area contributed by atoms with Crippen LogP contribution in [0.25, 0.3) is 0 Å². The first kappa shape index (κ1) is 23.9. The van der Waals surface area contributed by atoms with Gasteiger partial charge in [0.1, 0.15) is 5.75 Å². The molecule has 0 aliphatic rings. The van der Waals surface area contributed by atoms with Crippen LogP contribution in [-0.4, -0.2) is 42.2 Å². The molecule has 0 atom stereocenters. The van der Waals surface area contributed by atoms with Crippen LogP contribution in [0.15, 0.2) is 41.3 Å². The number of nitrogens with one attached hydrogen (secondary N) is 3. The lowest BCUT2D eigenvalue weighted by molar-refractivity contribution is 0.102. The summed E-state index contributed by atoms with van der Waals surface area (Å²) in [7, 11) is -5.93. The number of rotatable bonds is 8. The van der Waals surface area contributed by atoms with Crippen molar-refractivity contribution in [1.29, 1.82) is 0 Å². The van der Waals surface area contributed by atoms with Crippen LogP contribution in [0.2, 0.25) is 5.02 Å². The average Bonchev–Trinajstić information content (AvgIpc) is 2.61. The maximum absolute atomic E-state index is 12.6. The highest BCUT2D eigenvalue weighted by molar-refractivity contribution is 7.92. The minimum atomic E-state index is -3.78. The normalized spacial score (nSPS) is 11.9. The number of hydrogen-bond donors (Lipinski definition) is 3. The fourth-order valence-electron chi connectivity index (χ4n) is 2.46. The Kier molecular flexibility index (Phi) is 7.35. The second-order valence-electron chi connectivity index (χ2n) is 6.66. The van der Waals surface area contributed by atoms with Crippen LogP contribution in [0.5, 0.6) is 5.75 Å². The minimum absolute atomic E-state index is 0.0255. The molecule has 0 bridgehead atoms. The van der Waals surface area contributed by atoms with Crippen molar-refractivity contribution in [3.05, 3.63) is 47.0 Å². The Morgan fingerprint density at radius 3 is 2.23 bits per heavy atom. The van der Waals surface area contributed by atoms with Crippen LogP contribution < -0.4 is 19.5 Å². The van der Waals surface area contributed by atoms with Gasteiger partial charge in [-0.3, -0.25) is 9.52 Å². The van der Waals surface area contributed by atoms with Crippen LogP contribution in [0.1, 0.15) is 24.2 Å². The molecule has 0 saturated carbocycles. The van der Waals surface area contributed by atoms with E-state index in [1.165, 1.54) is 43.5 Å². The number of methoxy groups -OCH3 is 1. The monoisotopic (exact) mass is 475 g/mol. The van der Waals surface area contributed by atoms with Gasteiger partial charge in [-0.1, -0.05) is 11.6 Å². The van der Waals surface area contributed by atoms with Gasteiger partial charge in [0.15, 0.2) is 0 Å². The van der Waals surface area contributed by atoms with E-state index in [1.54, 1.807) is 13.8 Å². The van der Waals surface area contributed by atoms with Crippen molar-refractivity contribution in [2.45, 2.75) is 24.8 Å². The number of halogens is 1. The van der Waals surface area contributed by atoms with Crippen molar-refractivity contribution in [2.75, 3.05) is 23.4 Å². The summed E-state index contributed by atoms with van der Waals surface area (Å²) < 4.78 is 57.4. The minimum Gasteiger partial charge on any atom is -0.495 e. The third-order valence-corrected chi connectivity index (χ3v) is 6.21. The molecule has 1 amide bonds. The number of ether oxygens (including phenoxy) is 1. The zero-order valence-electron chi connectivity index (χ0n) is 16.7. The van der Waals surface area contributed by atoms with Crippen molar-refractivity contribution in [1.82, 2.24) is 4.72 Å². The second kappa shape index (κ2) is 9.21. The van der Waals surface area contributed by atoms with E-state index in [0.29, 0.717) is 0 Å². The van der Waals surface area contributed by atoms with E-state index in [0.717, 1.165) is 6.26 Å². The molecule has 164 valence electrons. The zero-order chi connectivity index (χ0) is 22.7. The first-order valence-corrected chi connectivity index (χ1v) is 12.4. The van der Waals surface area contributed by atoms with Gasteiger partial charge in [0.2, 0.25) is 20.0 Å². The molecule has 2 rings (SSSR count). The summed E-state index contributed by atoms with van der Waals surface area (Å²) in [4.78, 5) is 12.6. The molecule has 2 aromatic rings. The quantitative estimate of drug-likeness (QED) is 0.538. The third-order valence-electron chi connectivity index (χ3n) is 3.65. The van der Waals surface area contributed by atoms with E-state index in [-0.39, 0.29) is 38.6 Å². The Bertz CT molecular complexity index is 1160. The number of sulfonamides is 2. The highest BCUT2D eigenvalue weighted by atomic mass is 35.5. The maximum Gasteiger partial charge on any atom is 0.255 e. The first-order chi connectivity index (χ1) is 13.8. The topological polar surface area (TPSA) is 131 Å². The van der Waals surface area contributed by atoms with Crippen molar-refractivity contribution < 1.29 is 26.4 Å². The zero-order valence-corrected chi connectivity index (χ0v) is 19.1. The van der Waals surface area contributed by atoms with Gasteiger partial charge in [0.25, 0.3) is 5.91 Å². The van der Waals surface area contributed by atoms with Gasteiger partial charge in [-0.25, -0.2) is 21.6 Å². The van der Waals surface area contributed by atoms with Gasteiger partial charge in [-0.2, -0.15) is 0 Å². The molecule has 0 unspecified atom stereocenters. The van der Waals surface area contributed by atoms with E-state index in [4.69, 9.17) is 16.3 Å². The molecule has 0 saturated heterocycles.